The first-order chi connectivity index (χ1) is 13.5. The lowest BCUT2D eigenvalue weighted by molar-refractivity contribution is -0.118. The number of anilines is 3. The Balaban J connectivity index is 1.52. The molecule has 0 aromatic heterocycles. The number of morpholine rings is 1. The molecule has 1 fully saturated rings. The van der Waals surface area contributed by atoms with Gasteiger partial charge in [-0.3, -0.25) is 14.5 Å². The molecule has 2 N–H and O–H groups in total. The Kier molecular flexibility index (Phi) is 6.62. The zero-order valence-electron chi connectivity index (χ0n) is 16.3. The third kappa shape index (κ3) is 5.55. The second-order valence-electron chi connectivity index (χ2n) is 6.91. The van der Waals surface area contributed by atoms with Crippen LogP contribution in [0.2, 0.25) is 0 Å². The number of benzene rings is 2. The van der Waals surface area contributed by atoms with Crippen LogP contribution < -0.4 is 15.5 Å². The standard InChI is InChI=1S/C21H26N4O3/c1-24(2)19-9-3-16(4-10-19)21(27)23-18-7-5-17(6-8-18)22-20(26)15-25-11-13-28-14-12-25/h3-10H,11-15H2,1-2H3,(H,22,26)(H,23,27). The summed E-state index contributed by atoms with van der Waals surface area (Å²) in [6.07, 6.45) is 0. The molecule has 2 amide bonds. The number of amides is 2. The van der Waals surface area contributed by atoms with Gasteiger partial charge in [0.15, 0.2) is 0 Å². The van der Waals surface area contributed by atoms with Crippen LogP contribution in [0.5, 0.6) is 0 Å². The van der Waals surface area contributed by atoms with Crippen molar-refractivity contribution in [2.45, 2.75) is 0 Å². The number of rotatable bonds is 6. The molecule has 3 rings (SSSR count). The molecule has 7 nitrogen and oxygen atoms in total. The van der Waals surface area contributed by atoms with Crippen LogP contribution in [0.25, 0.3) is 0 Å². The summed E-state index contributed by atoms with van der Waals surface area (Å²) in [5.41, 5.74) is 3.00. The quantitative estimate of drug-likeness (QED) is 0.802. The minimum absolute atomic E-state index is 0.0559. The minimum atomic E-state index is -0.172. The van der Waals surface area contributed by atoms with E-state index in [9.17, 15) is 9.59 Å². The summed E-state index contributed by atoms with van der Waals surface area (Å²) >= 11 is 0. The summed E-state index contributed by atoms with van der Waals surface area (Å²) in [7, 11) is 3.91. The molecule has 0 spiro atoms. The smallest absolute Gasteiger partial charge is 0.255 e. The van der Waals surface area contributed by atoms with Gasteiger partial charge in [0.05, 0.1) is 19.8 Å². The van der Waals surface area contributed by atoms with Crippen LogP contribution in [0.4, 0.5) is 17.1 Å². The van der Waals surface area contributed by atoms with Gasteiger partial charge in [0.2, 0.25) is 5.91 Å². The maximum Gasteiger partial charge on any atom is 0.255 e. The predicted molar refractivity (Wildman–Crippen MR) is 111 cm³/mol. The summed E-state index contributed by atoms with van der Waals surface area (Å²) in [6, 6.07) is 14.5. The van der Waals surface area contributed by atoms with Crippen molar-refractivity contribution in [2.24, 2.45) is 0 Å². The lowest BCUT2D eigenvalue weighted by Crippen LogP contribution is -2.41. The van der Waals surface area contributed by atoms with E-state index in [1.807, 2.05) is 31.1 Å². The molecule has 2 aromatic rings. The zero-order valence-corrected chi connectivity index (χ0v) is 16.3. The van der Waals surface area contributed by atoms with E-state index >= 15 is 0 Å². The highest BCUT2D eigenvalue weighted by Crippen LogP contribution is 2.16. The van der Waals surface area contributed by atoms with Crippen LogP contribution in [0.1, 0.15) is 10.4 Å². The average Bonchev–Trinajstić information content (AvgIpc) is 2.70. The molecule has 1 aliphatic heterocycles. The van der Waals surface area contributed by atoms with E-state index in [1.54, 1.807) is 36.4 Å². The van der Waals surface area contributed by atoms with Gasteiger partial charge in [-0.15, -0.1) is 0 Å². The molecular formula is C21H26N4O3. The second kappa shape index (κ2) is 9.34. The first kappa shape index (κ1) is 19.9. The SMILES string of the molecule is CN(C)c1ccc(C(=O)Nc2ccc(NC(=O)CN3CCOCC3)cc2)cc1. The van der Waals surface area contributed by atoms with Gasteiger partial charge < -0.3 is 20.3 Å². The largest absolute Gasteiger partial charge is 0.379 e. The average molecular weight is 382 g/mol. The number of nitrogens with zero attached hydrogens (tertiary/aromatic N) is 2. The van der Waals surface area contributed by atoms with Crippen LogP contribution in [-0.2, 0) is 9.53 Å². The van der Waals surface area contributed by atoms with Crippen molar-refractivity contribution in [1.29, 1.82) is 0 Å². The maximum absolute atomic E-state index is 12.4. The highest BCUT2D eigenvalue weighted by atomic mass is 16.5. The van der Waals surface area contributed by atoms with Gasteiger partial charge >= 0.3 is 0 Å². The van der Waals surface area contributed by atoms with Crippen molar-refractivity contribution in [3.05, 3.63) is 54.1 Å². The highest BCUT2D eigenvalue weighted by Gasteiger charge is 2.14. The second-order valence-corrected chi connectivity index (χ2v) is 6.91. The Morgan fingerprint density at radius 3 is 2.07 bits per heavy atom. The van der Waals surface area contributed by atoms with Gasteiger partial charge in [0.25, 0.3) is 5.91 Å². The molecule has 0 atom stereocenters. The Morgan fingerprint density at radius 2 is 1.50 bits per heavy atom. The number of nitrogens with one attached hydrogen (secondary N) is 2. The van der Waals surface area contributed by atoms with Crippen LogP contribution in [0.15, 0.2) is 48.5 Å². The van der Waals surface area contributed by atoms with Gasteiger partial charge in [-0.25, -0.2) is 0 Å². The van der Waals surface area contributed by atoms with E-state index < -0.39 is 0 Å². The van der Waals surface area contributed by atoms with Gasteiger partial charge in [-0.2, -0.15) is 0 Å². The summed E-state index contributed by atoms with van der Waals surface area (Å²) in [6.45, 7) is 3.23. The Labute approximate surface area is 165 Å². The Bertz CT molecular complexity index is 797. The molecule has 0 bridgehead atoms. The zero-order chi connectivity index (χ0) is 19.9. The van der Waals surface area contributed by atoms with E-state index in [0.717, 1.165) is 18.8 Å². The van der Waals surface area contributed by atoms with Gasteiger partial charge in [0.1, 0.15) is 0 Å². The van der Waals surface area contributed by atoms with Gasteiger partial charge in [0, 0.05) is 49.8 Å². The molecule has 28 heavy (non-hydrogen) atoms. The summed E-state index contributed by atoms with van der Waals surface area (Å²) < 4.78 is 5.28. The lowest BCUT2D eigenvalue weighted by Gasteiger charge is -2.25. The lowest BCUT2D eigenvalue weighted by atomic mass is 10.2. The summed E-state index contributed by atoms with van der Waals surface area (Å²) in [5.74, 6) is -0.228. The van der Waals surface area contributed by atoms with E-state index in [1.165, 1.54) is 0 Å². The fourth-order valence-electron chi connectivity index (χ4n) is 2.91. The fourth-order valence-corrected chi connectivity index (χ4v) is 2.91. The van der Waals surface area contributed by atoms with Gasteiger partial charge in [-0.05, 0) is 48.5 Å². The van der Waals surface area contributed by atoms with Crippen LogP contribution in [0, 0.1) is 0 Å². The Hall–Kier alpha value is -2.90. The molecule has 1 saturated heterocycles. The summed E-state index contributed by atoms with van der Waals surface area (Å²) in [4.78, 5) is 28.6. The maximum atomic E-state index is 12.4. The molecule has 2 aromatic carbocycles. The first-order valence-corrected chi connectivity index (χ1v) is 9.30. The molecule has 7 heteroatoms. The molecule has 1 heterocycles. The van der Waals surface area contributed by atoms with Crippen LogP contribution >= 0.6 is 0 Å². The third-order valence-electron chi connectivity index (χ3n) is 4.54. The number of carbonyl (C=O) groups excluding carboxylic acids is 2. The first-order valence-electron chi connectivity index (χ1n) is 9.30. The molecular weight excluding hydrogens is 356 g/mol. The molecule has 148 valence electrons. The predicted octanol–water partition coefficient (Wildman–Crippen LogP) is 2.28. The molecule has 0 radical (unpaired) electrons. The number of hydrogen-bond donors (Lipinski definition) is 2. The van der Waals surface area contributed by atoms with E-state index in [2.05, 4.69) is 15.5 Å². The van der Waals surface area contributed by atoms with Crippen LogP contribution in [0.3, 0.4) is 0 Å². The molecule has 0 saturated carbocycles. The number of carbonyl (C=O) groups is 2. The number of ether oxygens (including phenoxy) is 1. The summed E-state index contributed by atoms with van der Waals surface area (Å²) in [5, 5.41) is 5.75. The van der Waals surface area contributed by atoms with Crippen molar-refractivity contribution < 1.29 is 14.3 Å². The fraction of sp³-hybridized carbons (Fsp3) is 0.333. The van der Waals surface area contributed by atoms with E-state index in [0.29, 0.717) is 36.7 Å². The van der Waals surface area contributed by atoms with Crippen molar-refractivity contribution >= 4 is 28.9 Å². The van der Waals surface area contributed by atoms with Gasteiger partial charge in [-0.1, -0.05) is 0 Å². The monoisotopic (exact) mass is 382 g/mol. The number of hydrogen-bond acceptors (Lipinski definition) is 5. The Morgan fingerprint density at radius 1 is 0.929 bits per heavy atom. The topological polar surface area (TPSA) is 73.9 Å². The highest BCUT2D eigenvalue weighted by molar-refractivity contribution is 6.04. The van der Waals surface area contributed by atoms with E-state index in [4.69, 9.17) is 4.74 Å². The molecule has 0 aliphatic carbocycles. The van der Waals surface area contributed by atoms with E-state index in [-0.39, 0.29) is 11.8 Å². The van der Waals surface area contributed by atoms with Crippen molar-refractivity contribution in [1.82, 2.24) is 4.90 Å². The van der Waals surface area contributed by atoms with Crippen molar-refractivity contribution in [3.63, 3.8) is 0 Å². The minimum Gasteiger partial charge on any atom is -0.379 e. The van der Waals surface area contributed by atoms with Crippen LogP contribution in [-0.4, -0.2) is 63.7 Å². The van der Waals surface area contributed by atoms with Crippen molar-refractivity contribution in [3.8, 4) is 0 Å². The normalized spacial score (nSPS) is 14.4. The molecule has 0 unspecified atom stereocenters. The molecule has 1 aliphatic rings. The van der Waals surface area contributed by atoms with Crippen molar-refractivity contribution in [2.75, 3.05) is 62.5 Å². The third-order valence-corrected chi connectivity index (χ3v) is 4.54.